The van der Waals surface area contributed by atoms with Crippen LogP contribution in [-0.2, 0) is 51.0 Å². The van der Waals surface area contributed by atoms with Crippen LogP contribution in [0, 0.1) is 0 Å². The van der Waals surface area contributed by atoms with E-state index in [4.69, 9.17) is 22.6 Å². The van der Waals surface area contributed by atoms with Gasteiger partial charge in [0.1, 0.15) is 24.4 Å². The van der Waals surface area contributed by atoms with Crippen molar-refractivity contribution in [1.29, 1.82) is 0 Å². The molecule has 1 fully saturated rings. The molecule has 0 spiro atoms. The second kappa shape index (κ2) is 13.7. The van der Waals surface area contributed by atoms with E-state index in [2.05, 4.69) is 25.2 Å². The van der Waals surface area contributed by atoms with Crippen molar-refractivity contribution in [2.45, 2.75) is 63.7 Å². The van der Waals surface area contributed by atoms with Gasteiger partial charge in [-0.2, -0.15) is 8.42 Å². The summed E-state index contributed by atoms with van der Waals surface area (Å²) in [4.78, 5) is 12.4. The van der Waals surface area contributed by atoms with E-state index < -0.39 is 48.9 Å². The fourth-order valence-corrected chi connectivity index (χ4v) is 8.29. The highest BCUT2D eigenvalue weighted by atomic mass is 32.3. The summed E-state index contributed by atoms with van der Waals surface area (Å²) in [6.07, 6.45) is -3.51. The molecule has 3 aromatic carbocycles. The Morgan fingerprint density at radius 1 is 0.875 bits per heavy atom. The number of carbonyl (C=O) groups excluding carboxylic acids is 1. The average Bonchev–Trinajstić information content (AvgIpc) is 3.30. The molecule has 1 aliphatic heterocycles. The SMILES string of the molecule is CC(=O)O[C@@H](C[Si](C)(C)c1ccccc1)[C@@H](OCc1ccccc1)[C@H](OCc1ccccc1)[C@H]1COS(=O)(=O)O1. The zero-order valence-corrected chi connectivity index (χ0v) is 24.8. The molecule has 0 bridgehead atoms. The normalized spacial score (nSPS) is 19.0. The molecule has 0 unspecified atom stereocenters. The van der Waals surface area contributed by atoms with Crippen LogP contribution in [0.2, 0.25) is 19.1 Å². The molecule has 0 aliphatic carbocycles. The van der Waals surface area contributed by atoms with Gasteiger partial charge in [-0.25, -0.2) is 8.37 Å². The third-order valence-corrected chi connectivity index (χ3v) is 11.1. The highest BCUT2D eigenvalue weighted by Gasteiger charge is 2.46. The number of rotatable bonds is 13. The van der Waals surface area contributed by atoms with Crippen LogP contribution in [0.1, 0.15) is 18.1 Å². The first-order valence-electron chi connectivity index (χ1n) is 13.2. The fourth-order valence-electron chi connectivity index (χ4n) is 4.82. The molecule has 1 aliphatic rings. The number of hydrogen-bond acceptors (Lipinski definition) is 8. The van der Waals surface area contributed by atoms with E-state index in [-0.39, 0.29) is 19.8 Å². The predicted molar refractivity (Wildman–Crippen MR) is 154 cm³/mol. The molecule has 0 amide bonds. The number of ether oxygens (including phenoxy) is 3. The summed E-state index contributed by atoms with van der Waals surface area (Å²) in [7, 11) is -6.37. The zero-order chi connectivity index (χ0) is 28.6. The summed E-state index contributed by atoms with van der Waals surface area (Å²) >= 11 is 0. The van der Waals surface area contributed by atoms with Gasteiger partial charge in [0.15, 0.2) is 0 Å². The molecule has 40 heavy (non-hydrogen) atoms. The Morgan fingerprint density at radius 2 is 1.40 bits per heavy atom. The van der Waals surface area contributed by atoms with Gasteiger partial charge in [0.25, 0.3) is 0 Å². The second-order valence-electron chi connectivity index (χ2n) is 10.5. The molecule has 1 heterocycles. The van der Waals surface area contributed by atoms with Gasteiger partial charge in [-0.05, 0) is 17.2 Å². The topological polar surface area (TPSA) is 97.4 Å². The van der Waals surface area contributed by atoms with Gasteiger partial charge in [-0.1, -0.05) is 109 Å². The number of hydrogen-bond donors (Lipinski definition) is 0. The summed E-state index contributed by atoms with van der Waals surface area (Å²) in [5.41, 5.74) is 1.80. The Bertz CT molecular complexity index is 1320. The minimum absolute atomic E-state index is 0.170. The van der Waals surface area contributed by atoms with Crippen LogP contribution in [0.5, 0.6) is 0 Å². The minimum atomic E-state index is -4.19. The monoisotopic (exact) mass is 584 g/mol. The molecule has 8 nitrogen and oxygen atoms in total. The lowest BCUT2D eigenvalue weighted by molar-refractivity contribution is -0.178. The minimum Gasteiger partial charge on any atom is -0.460 e. The van der Waals surface area contributed by atoms with E-state index in [0.717, 1.165) is 11.1 Å². The van der Waals surface area contributed by atoms with Crippen LogP contribution in [0.15, 0.2) is 91.0 Å². The lowest BCUT2D eigenvalue weighted by Crippen LogP contribution is -2.54. The standard InChI is InChI=1S/C30H36O8SSi/c1-23(31)37-28(22-40(2,3)26-17-11-6-12-18-26)30(35-20-25-15-9-5-10-16-25)29(27-21-36-39(32,33)38-27)34-19-24-13-7-4-8-14-24/h4-18,27-30H,19-22H2,1-3H3/t27-,28+,29-,30-/m1/s1. The summed E-state index contributed by atoms with van der Waals surface area (Å²) in [5, 5.41) is 1.19. The van der Waals surface area contributed by atoms with Crippen molar-refractivity contribution < 1.29 is 35.8 Å². The van der Waals surface area contributed by atoms with Gasteiger partial charge in [0.2, 0.25) is 0 Å². The van der Waals surface area contributed by atoms with Crippen molar-refractivity contribution in [2.24, 2.45) is 0 Å². The number of esters is 1. The van der Waals surface area contributed by atoms with E-state index in [1.165, 1.54) is 12.1 Å². The summed E-state index contributed by atoms with van der Waals surface area (Å²) < 4.78 is 53.4. The maximum absolute atomic E-state index is 12.4. The van der Waals surface area contributed by atoms with Crippen LogP contribution in [-0.4, -0.2) is 53.5 Å². The van der Waals surface area contributed by atoms with E-state index >= 15 is 0 Å². The van der Waals surface area contributed by atoms with Gasteiger partial charge in [0, 0.05) is 6.92 Å². The van der Waals surface area contributed by atoms with E-state index in [9.17, 15) is 13.2 Å². The zero-order valence-electron chi connectivity index (χ0n) is 23.0. The maximum Gasteiger partial charge on any atom is 0.400 e. The van der Waals surface area contributed by atoms with Crippen molar-refractivity contribution in [3.05, 3.63) is 102 Å². The Kier molecular flexibility index (Phi) is 10.3. The molecule has 10 heteroatoms. The van der Waals surface area contributed by atoms with Crippen LogP contribution >= 0.6 is 0 Å². The first-order valence-corrected chi connectivity index (χ1v) is 17.8. The highest BCUT2D eigenvalue weighted by molar-refractivity contribution is 7.82. The Morgan fingerprint density at radius 3 is 1.90 bits per heavy atom. The first-order chi connectivity index (χ1) is 19.1. The second-order valence-corrected chi connectivity index (χ2v) is 16.4. The molecule has 0 radical (unpaired) electrons. The molecule has 1 saturated heterocycles. The van der Waals surface area contributed by atoms with Crippen molar-refractivity contribution in [3.63, 3.8) is 0 Å². The lowest BCUT2D eigenvalue weighted by atomic mass is 10.0. The molecule has 4 rings (SSSR count). The molecule has 4 atom stereocenters. The molecular formula is C30H36O8SSi. The Hall–Kier alpha value is -2.86. The Labute approximate surface area is 237 Å². The van der Waals surface area contributed by atoms with Crippen LogP contribution in [0.25, 0.3) is 0 Å². The van der Waals surface area contributed by atoms with Gasteiger partial charge in [-0.15, -0.1) is 0 Å². The van der Waals surface area contributed by atoms with Gasteiger partial charge >= 0.3 is 16.4 Å². The Balaban J connectivity index is 1.70. The van der Waals surface area contributed by atoms with Crippen molar-refractivity contribution >= 4 is 29.6 Å². The van der Waals surface area contributed by atoms with Crippen molar-refractivity contribution in [2.75, 3.05) is 6.61 Å². The summed E-state index contributed by atoms with van der Waals surface area (Å²) in [6.45, 7) is 5.89. The van der Waals surface area contributed by atoms with Crippen molar-refractivity contribution in [1.82, 2.24) is 0 Å². The van der Waals surface area contributed by atoms with Crippen LogP contribution < -0.4 is 5.19 Å². The molecule has 3 aromatic rings. The molecule has 214 valence electrons. The fraction of sp³-hybridized carbons (Fsp3) is 0.367. The lowest BCUT2D eigenvalue weighted by Gasteiger charge is -2.37. The third-order valence-electron chi connectivity index (χ3n) is 6.83. The van der Waals surface area contributed by atoms with Gasteiger partial charge < -0.3 is 14.2 Å². The van der Waals surface area contributed by atoms with Gasteiger partial charge in [0.05, 0.1) is 27.9 Å². The average molecular weight is 585 g/mol. The molecule has 0 aromatic heterocycles. The maximum atomic E-state index is 12.4. The first kappa shape index (κ1) is 30.1. The molecular weight excluding hydrogens is 548 g/mol. The molecule has 0 N–H and O–H groups in total. The largest absolute Gasteiger partial charge is 0.460 e. The van der Waals surface area contributed by atoms with Crippen LogP contribution in [0.4, 0.5) is 0 Å². The number of benzene rings is 3. The third kappa shape index (κ3) is 8.57. The van der Waals surface area contributed by atoms with Crippen LogP contribution in [0.3, 0.4) is 0 Å². The smallest absolute Gasteiger partial charge is 0.400 e. The predicted octanol–water partition coefficient (Wildman–Crippen LogP) is 4.36. The van der Waals surface area contributed by atoms with Gasteiger partial charge in [-0.3, -0.25) is 4.79 Å². The summed E-state index contributed by atoms with van der Waals surface area (Å²) in [6, 6.07) is 29.7. The van der Waals surface area contributed by atoms with E-state index in [1.807, 2.05) is 78.9 Å². The summed E-state index contributed by atoms with van der Waals surface area (Å²) in [5.74, 6) is -0.464. The van der Waals surface area contributed by atoms with Crippen molar-refractivity contribution in [3.8, 4) is 0 Å². The van der Waals surface area contributed by atoms with E-state index in [1.54, 1.807) is 0 Å². The van der Waals surface area contributed by atoms with E-state index in [0.29, 0.717) is 6.04 Å². The molecule has 0 saturated carbocycles. The number of carbonyl (C=O) groups is 1. The quantitative estimate of drug-likeness (QED) is 0.216. The highest BCUT2D eigenvalue weighted by Crippen LogP contribution is 2.29.